The molecule has 3 nitrogen and oxygen atoms in total. The highest BCUT2D eigenvalue weighted by Crippen LogP contribution is 2.37. The van der Waals surface area contributed by atoms with Crippen LogP contribution in [0.15, 0.2) is 6.20 Å². The molecule has 0 saturated heterocycles. The van der Waals surface area contributed by atoms with E-state index in [-0.39, 0.29) is 0 Å². The smallest absolute Gasteiger partial charge is 0.203 e. The average molecular weight is 263 g/mol. The lowest BCUT2D eigenvalue weighted by atomic mass is 9.73. The molecule has 0 amide bonds. The lowest BCUT2D eigenvalue weighted by Crippen LogP contribution is -2.39. The largest absolute Gasteiger partial charge is 0.352 e. The number of aryl methyl sites for hydroxylation is 1. The molecule has 1 fully saturated rings. The molecule has 1 atom stereocenters. The first kappa shape index (κ1) is 14.4. The van der Waals surface area contributed by atoms with E-state index in [1.165, 1.54) is 25.7 Å². The topological polar surface area (TPSA) is 29.9 Å². The fraction of sp³-hybridized carbons (Fsp3) is 0.812. The highest BCUT2D eigenvalue weighted by atomic mass is 15.2. The van der Waals surface area contributed by atoms with Gasteiger partial charge in [0, 0.05) is 18.8 Å². The summed E-state index contributed by atoms with van der Waals surface area (Å²) < 4.78 is 2.28. The molecule has 1 aliphatic carbocycles. The van der Waals surface area contributed by atoms with Gasteiger partial charge in [-0.1, -0.05) is 40.5 Å². The second-order valence-corrected chi connectivity index (χ2v) is 7.18. The van der Waals surface area contributed by atoms with Crippen molar-refractivity contribution in [2.24, 2.45) is 11.3 Å². The number of hydrogen-bond donors (Lipinski definition) is 1. The standard InChI is InChI=1S/C16H29N3/c1-12(2)10-19-11-13(3)17-15(19)18-14-8-6-7-9-16(14,4)5/h11-12,14H,6-10H2,1-5H3,(H,17,18). The van der Waals surface area contributed by atoms with Crippen molar-refractivity contribution in [2.75, 3.05) is 5.32 Å². The van der Waals surface area contributed by atoms with Gasteiger partial charge in [-0.05, 0) is 31.1 Å². The van der Waals surface area contributed by atoms with Crippen LogP contribution in [0, 0.1) is 18.3 Å². The molecule has 0 bridgehead atoms. The Bertz CT molecular complexity index is 418. The molecule has 2 rings (SSSR count). The van der Waals surface area contributed by atoms with Gasteiger partial charge in [0.2, 0.25) is 5.95 Å². The number of imidazole rings is 1. The zero-order valence-corrected chi connectivity index (χ0v) is 13.2. The molecular formula is C16H29N3. The Balaban J connectivity index is 2.13. The van der Waals surface area contributed by atoms with Crippen molar-refractivity contribution in [3.8, 4) is 0 Å². The number of nitrogens with zero attached hydrogens (tertiary/aromatic N) is 2. The Morgan fingerprint density at radius 3 is 2.79 bits per heavy atom. The number of aromatic nitrogens is 2. The van der Waals surface area contributed by atoms with Crippen LogP contribution in [-0.2, 0) is 6.54 Å². The van der Waals surface area contributed by atoms with Gasteiger partial charge in [-0.25, -0.2) is 4.98 Å². The summed E-state index contributed by atoms with van der Waals surface area (Å²) in [4.78, 5) is 4.68. The molecule has 1 aromatic heterocycles. The second-order valence-electron chi connectivity index (χ2n) is 7.18. The van der Waals surface area contributed by atoms with E-state index < -0.39 is 0 Å². The minimum absolute atomic E-state index is 0.376. The minimum atomic E-state index is 0.376. The predicted molar refractivity (Wildman–Crippen MR) is 81.5 cm³/mol. The van der Waals surface area contributed by atoms with Gasteiger partial charge in [-0.15, -0.1) is 0 Å². The molecule has 1 saturated carbocycles. The van der Waals surface area contributed by atoms with Gasteiger partial charge < -0.3 is 9.88 Å². The normalized spacial score (nSPS) is 22.7. The quantitative estimate of drug-likeness (QED) is 0.881. The van der Waals surface area contributed by atoms with Gasteiger partial charge in [-0.2, -0.15) is 0 Å². The first-order chi connectivity index (χ1) is 8.88. The van der Waals surface area contributed by atoms with Crippen molar-refractivity contribution < 1.29 is 0 Å². The molecule has 1 aliphatic rings. The average Bonchev–Trinajstić information content (AvgIpc) is 2.61. The summed E-state index contributed by atoms with van der Waals surface area (Å²) in [5, 5.41) is 3.72. The van der Waals surface area contributed by atoms with E-state index in [1.807, 2.05) is 0 Å². The zero-order valence-electron chi connectivity index (χ0n) is 13.2. The number of hydrogen-bond acceptors (Lipinski definition) is 2. The summed E-state index contributed by atoms with van der Waals surface area (Å²) in [5.41, 5.74) is 1.48. The van der Waals surface area contributed by atoms with Crippen LogP contribution < -0.4 is 5.32 Å². The van der Waals surface area contributed by atoms with E-state index in [0.29, 0.717) is 17.4 Å². The molecule has 19 heavy (non-hydrogen) atoms. The van der Waals surface area contributed by atoms with Crippen LogP contribution in [0.4, 0.5) is 5.95 Å². The zero-order chi connectivity index (χ0) is 14.0. The third-order valence-corrected chi connectivity index (χ3v) is 4.27. The maximum Gasteiger partial charge on any atom is 0.203 e. The Labute approximate surface area is 117 Å². The Morgan fingerprint density at radius 1 is 1.42 bits per heavy atom. The monoisotopic (exact) mass is 263 g/mol. The molecule has 3 heteroatoms. The van der Waals surface area contributed by atoms with Crippen molar-refractivity contribution >= 4 is 5.95 Å². The molecule has 0 aromatic carbocycles. The van der Waals surface area contributed by atoms with Crippen molar-refractivity contribution in [3.63, 3.8) is 0 Å². The molecule has 1 unspecified atom stereocenters. The van der Waals surface area contributed by atoms with Crippen LogP contribution in [0.1, 0.15) is 59.1 Å². The SMILES string of the molecule is Cc1cn(CC(C)C)c(NC2CCCCC2(C)C)n1. The van der Waals surface area contributed by atoms with Crippen LogP contribution >= 0.6 is 0 Å². The van der Waals surface area contributed by atoms with Crippen molar-refractivity contribution in [1.29, 1.82) is 0 Å². The third-order valence-electron chi connectivity index (χ3n) is 4.27. The van der Waals surface area contributed by atoms with E-state index in [0.717, 1.165) is 18.2 Å². The lowest BCUT2D eigenvalue weighted by Gasteiger charge is -2.39. The summed E-state index contributed by atoms with van der Waals surface area (Å²) in [6.45, 7) is 12.4. The third kappa shape index (κ3) is 3.52. The van der Waals surface area contributed by atoms with Gasteiger partial charge in [0.25, 0.3) is 0 Å². The van der Waals surface area contributed by atoms with Gasteiger partial charge >= 0.3 is 0 Å². The highest BCUT2D eigenvalue weighted by Gasteiger charge is 2.32. The molecule has 108 valence electrons. The van der Waals surface area contributed by atoms with E-state index in [4.69, 9.17) is 0 Å². The molecular weight excluding hydrogens is 234 g/mol. The summed E-state index contributed by atoms with van der Waals surface area (Å²) in [6, 6.07) is 0.550. The number of rotatable bonds is 4. The van der Waals surface area contributed by atoms with Crippen LogP contribution in [-0.4, -0.2) is 15.6 Å². The van der Waals surface area contributed by atoms with Crippen molar-refractivity contribution in [2.45, 2.75) is 72.9 Å². The van der Waals surface area contributed by atoms with Gasteiger partial charge in [0.05, 0.1) is 5.69 Å². The summed E-state index contributed by atoms with van der Waals surface area (Å²) >= 11 is 0. The van der Waals surface area contributed by atoms with Crippen LogP contribution in [0.3, 0.4) is 0 Å². The Kier molecular flexibility index (Phi) is 4.22. The van der Waals surface area contributed by atoms with E-state index in [1.54, 1.807) is 0 Å². The van der Waals surface area contributed by atoms with Crippen molar-refractivity contribution in [1.82, 2.24) is 9.55 Å². The molecule has 0 aliphatic heterocycles. The molecule has 1 N–H and O–H groups in total. The van der Waals surface area contributed by atoms with Gasteiger partial charge in [-0.3, -0.25) is 0 Å². The summed E-state index contributed by atoms with van der Waals surface area (Å²) in [6.07, 6.45) is 7.45. The van der Waals surface area contributed by atoms with Crippen molar-refractivity contribution in [3.05, 3.63) is 11.9 Å². The number of nitrogens with one attached hydrogen (secondary N) is 1. The van der Waals surface area contributed by atoms with Gasteiger partial charge in [0.15, 0.2) is 0 Å². The van der Waals surface area contributed by atoms with E-state index >= 15 is 0 Å². The molecule has 0 spiro atoms. The fourth-order valence-corrected chi connectivity index (χ4v) is 3.11. The Morgan fingerprint density at radius 2 is 2.16 bits per heavy atom. The molecule has 1 heterocycles. The summed E-state index contributed by atoms with van der Waals surface area (Å²) in [5.74, 6) is 1.71. The first-order valence-electron chi connectivity index (χ1n) is 7.69. The minimum Gasteiger partial charge on any atom is -0.352 e. The second kappa shape index (κ2) is 5.56. The number of anilines is 1. The summed E-state index contributed by atoms with van der Waals surface area (Å²) in [7, 11) is 0. The van der Waals surface area contributed by atoms with Crippen LogP contribution in [0.25, 0.3) is 0 Å². The first-order valence-corrected chi connectivity index (χ1v) is 7.69. The van der Waals surface area contributed by atoms with E-state index in [2.05, 4.69) is 55.7 Å². The highest BCUT2D eigenvalue weighted by molar-refractivity contribution is 5.31. The van der Waals surface area contributed by atoms with Crippen LogP contribution in [0.5, 0.6) is 0 Å². The Hall–Kier alpha value is -0.990. The maximum absolute atomic E-state index is 4.68. The van der Waals surface area contributed by atoms with Gasteiger partial charge in [0.1, 0.15) is 0 Å². The van der Waals surface area contributed by atoms with E-state index in [9.17, 15) is 0 Å². The maximum atomic E-state index is 4.68. The lowest BCUT2D eigenvalue weighted by molar-refractivity contribution is 0.215. The molecule has 0 radical (unpaired) electrons. The fourth-order valence-electron chi connectivity index (χ4n) is 3.11. The molecule has 1 aromatic rings. The van der Waals surface area contributed by atoms with Crippen LogP contribution in [0.2, 0.25) is 0 Å². The predicted octanol–water partition coefficient (Wildman–Crippen LogP) is 4.23.